The molecule has 0 saturated carbocycles. The predicted octanol–water partition coefficient (Wildman–Crippen LogP) is 3.42. The van der Waals surface area contributed by atoms with Gasteiger partial charge >= 0.3 is 0 Å². The van der Waals surface area contributed by atoms with Crippen LogP contribution in [-0.2, 0) is 11.3 Å². The molecule has 130 valence electrons. The number of aromatic nitrogens is 2. The zero-order valence-electron chi connectivity index (χ0n) is 14.2. The van der Waals surface area contributed by atoms with E-state index in [1.54, 1.807) is 40.3 Å². The molecular weight excluding hydrogens is 328 g/mol. The topological polar surface area (TPSA) is 75.1 Å². The first kappa shape index (κ1) is 17.2. The monoisotopic (exact) mass is 346 g/mol. The maximum atomic E-state index is 12.5. The number of carbonyl (C=O) groups excluding carboxylic acids is 1. The van der Waals surface area contributed by atoms with Gasteiger partial charge in [0.25, 0.3) is 0 Å². The Morgan fingerprint density at radius 2 is 2.12 bits per heavy atom. The highest BCUT2D eigenvalue weighted by Crippen LogP contribution is 2.10. The SMILES string of the molecule is N#CCCN(Cc1ccco1)C(=O)/C=C\c1cnn(-c2ccccc2)c1. The zero-order chi connectivity index (χ0) is 18.2. The van der Waals surface area contributed by atoms with E-state index in [4.69, 9.17) is 9.68 Å². The van der Waals surface area contributed by atoms with Crippen LogP contribution in [0.25, 0.3) is 11.8 Å². The summed E-state index contributed by atoms with van der Waals surface area (Å²) in [6, 6.07) is 15.4. The Bertz CT molecular complexity index is 905. The summed E-state index contributed by atoms with van der Waals surface area (Å²) < 4.78 is 7.05. The predicted molar refractivity (Wildman–Crippen MR) is 97.0 cm³/mol. The van der Waals surface area contributed by atoms with Crippen LogP contribution < -0.4 is 0 Å². The summed E-state index contributed by atoms with van der Waals surface area (Å²) >= 11 is 0. The summed E-state index contributed by atoms with van der Waals surface area (Å²) in [7, 11) is 0. The highest BCUT2D eigenvalue weighted by atomic mass is 16.3. The fourth-order valence-electron chi connectivity index (χ4n) is 2.46. The van der Waals surface area contributed by atoms with E-state index in [1.165, 1.54) is 6.08 Å². The van der Waals surface area contributed by atoms with Gasteiger partial charge in [-0.05, 0) is 30.3 Å². The molecule has 1 amide bonds. The number of hydrogen-bond acceptors (Lipinski definition) is 4. The lowest BCUT2D eigenvalue weighted by atomic mass is 10.3. The van der Waals surface area contributed by atoms with E-state index in [2.05, 4.69) is 11.2 Å². The van der Waals surface area contributed by atoms with Crippen molar-refractivity contribution >= 4 is 12.0 Å². The maximum absolute atomic E-state index is 12.5. The van der Waals surface area contributed by atoms with E-state index in [0.29, 0.717) is 18.8 Å². The van der Waals surface area contributed by atoms with Crippen molar-refractivity contribution in [3.05, 3.63) is 78.5 Å². The Balaban J connectivity index is 1.68. The van der Waals surface area contributed by atoms with Crippen LogP contribution in [0.3, 0.4) is 0 Å². The van der Waals surface area contributed by atoms with Crippen molar-refractivity contribution in [2.24, 2.45) is 0 Å². The minimum atomic E-state index is -0.177. The molecule has 0 aliphatic heterocycles. The Hall–Kier alpha value is -3.59. The number of benzene rings is 1. The summed E-state index contributed by atoms with van der Waals surface area (Å²) in [6.45, 7) is 0.685. The van der Waals surface area contributed by atoms with E-state index in [9.17, 15) is 4.79 Å². The van der Waals surface area contributed by atoms with Gasteiger partial charge < -0.3 is 9.32 Å². The van der Waals surface area contributed by atoms with Crippen molar-refractivity contribution in [1.29, 1.82) is 5.26 Å². The van der Waals surface area contributed by atoms with E-state index < -0.39 is 0 Å². The largest absolute Gasteiger partial charge is 0.467 e. The highest BCUT2D eigenvalue weighted by Gasteiger charge is 2.12. The molecule has 0 fully saturated rings. The molecule has 2 aromatic heterocycles. The van der Waals surface area contributed by atoms with Gasteiger partial charge in [-0.15, -0.1) is 0 Å². The minimum absolute atomic E-state index is 0.177. The second kappa shape index (κ2) is 8.49. The first-order valence-electron chi connectivity index (χ1n) is 8.22. The van der Waals surface area contributed by atoms with Gasteiger partial charge in [-0.2, -0.15) is 10.4 Å². The molecule has 26 heavy (non-hydrogen) atoms. The van der Waals surface area contributed by atoms with Crippen LogP contribution >= 0.6 is 0 Å². The highest BCUT2D eigenvalue weighted by molar-refractivity contribution is 5.91. The van der Waals surface area contributed by atoms with Crippen molar-refractivity contribution in [2.75, 3.05) is 6.54 Å². The molecule has 3 aromatic rings. The first-order chi connectivity index (χ1) is 12.8. The van der Waals surface area contributed by atoms with Crippen LogP contribution in [-0.4, -0.2) is 27.1 Å². The Morgan fingerprint density at radius 1 is 1.27 bits per heavy atom. The molecular formula is C20H18N4O2. The standard InChI is InChI=1S/C20H18N4O2/c21-11-5-12-23(16-19-8-4-13-26-19)20(25)10-9-17-14-22-24(15-17)18-6-2-1-3-7-18/h1-4,6-10,13-15H,5,12,16H2/b10-9-. The van der Waals surface area contributed by atoms with Crippen molar-refractivity contribution in [1.82, 2.24) is 14.7 Å². The van der Waals surface area contributed by atoms with E-state index in [-0.39, 0.29) is 12.3 Å². The summed E-state index contributed by atoms with van der Waals surface area (Å²) in [5, 5.41) is 13.1. The third-order valence-electron chi connectivity index (χ3n) is 3.77. The second-order valence-electron chi connectivity index (χ2n) is 5.63. The molecule has 0 bridgehead atoms. The zero-order valence-corrected chi connectivity index (χ0v) is 14.2. The van der Waals surface area contributed by atoms with E-state index >= 15 is 0 Å². The fraction of sp³-hybridized carbons (Fsp3) is 0.150. The van der Waals surface area contributed by atoms with Gasteiger partial charge in [-0.3, -0.25) is 4.79 Å². The molecule has 0 atom stereocenters. The van der Waals surface area contributed by atoms with Crippen LogP contribution in [0, 0.1) is 11.3 Å². The molecule has 6 nitrogen and oxygen atoms in total. The number of furan rings is 1. The van der Waals surface area contributed by atoms with Gasteiger partial charge in [0.15, 0.2) is 0 Å². The first-order valence-corrected chi connectivity index (χ1v) is 8.22. The Kier molecular flexibility index (Phi) is 5.63. The third kappa shape index (κ3) is 4.48. The lowest BCUT2D eigenvalue weighted by Crippen LogP contribution is -2.29. The van der Waals surface area contributed by atoms with Crippen molar-refractivity contribution in [3.8, 4) is 11.8 Å². The number of nitriles is 1. The molecule has 0 radical (unpaired) electrons. The fourth-order valence-corrected chi connectivity index (χ4v) is 2.46. The molecule has 3 rings (SSSR count). The number of rotatable bonds is 7. The Morgan fingerprint density at radius 3 is 2.85 bits per heavy atom. The van der Waals surface area contributed by atoms with Crippen LogP contribution in [0.4, 0.5) is 0 Å². The minimum Gasteiger partial charge on any atom is -0.467 e. The number of nitrogens with zero attached hydrogens (tertiary/aromatic N) is 4. The molecule has 0 saturated heterocycles. The van der Waals surface area contributed by atoms with Gasteiger partial charge in [0.05, 0.1) is 37.2 Å². The number of para-hydroxylation sites is 1. The smallest absolute Gasteiger partial charge is 0.247 e. The molecule has 0 aliphatic rings. The number of amides is 1. The van der Waals surface area contributed by atoms with Crippen molar-refractivity contribution in [3.63, 3.8) is 0 Å². The van der Waals surface area contributed by atoms with Gasteiger partial charge in [-0.1, -0.05) is 18.2 Å². The van der Waals surface area contributed by atoms with Crippen LogP contribution in [0.1, 0.15) is 17.7 Å². The van der Waals surface area contributed by atoms with E-state index in [1.807, 2.05) is 36.5 Å². The molecule has 0 aliphatic carbocycles. The molecule has 0 N–H and O–H groups in total. The second-order valence-corrected chi connectivity index (χ2v) is 5.63. The average Bonchev–Trinajstić information content (AvgIpc) is 3.36. The third-order valence-corrected chi connectivity index (χ3v) is 3.77. The summed E-state index contributed by atoms with van der Waals surface area (Å²) in [5.41, 5.74) is 1.77. The maximum Gasteiger partial charge on any atom is 0.247 e. The number of carbonyl (C=O) groups is 1. The summed E-state index contributed by atoms with van der Waals surface area (Å²) in [5.74, 6) is 0.505. The number of hydrogen-bond donors (Lipinski definition) is 0. The Labute approximate surface area is 151 Å². The average molecular weight is 346 g/mol. The summed E-state index contributed by atoms with van der Waals surface area (Å²) in [4.78, 5) is 14.1. The quantitative estimate of drug-likeness (QED) is 0.614. The summed E-state index contributed by atoms with van der Waals surface area (Å²) in [6.07, 6.45) is 8.60. The van der Waals surface area contributed by atoms with Gasteiger partial charge in [0.2, 0.25) is 5.91 Å². The van der Waals surface area contributed by atoms with Gasteiger partial charge in [0, 0.05) is 24.4 Å². The molecule has 2 heterocycles. The van der Waals surface area contributed by atoms with Crippen LogP contribution in [0.5, 0.6) is 0 Å². The van der Waals surface area contributed by atoms with Gasteiger partial charge in [0.1, 0.15) is 5.76 Å². The molecule has 0 unspecified atom stereocenters. The lowest BCUT2D eigenvalue weighted by Gasteiger charge is -2.18. The van der Waals surface area contributed by atoms with Crippen molar-refractivity contribution in [2.45, 2.75) is 13.0 Å². The molecule has 1 aromatic carbocycles. The molecule has 0 spiro atoms. The van der Waals surface area contributed by atoms with E-state index in [0.717, 1.165) is 11.3 Å². The van der Waals surface area contributed by atoms with Crippen LogP contribution in [0.15, 0.2) is 71.6 Å². The molecule has 6 heteroatoms. The van der Waals surface area contributed by atoms with Crippen LogP contribution in [0.2, 0.25) is 0 Å². The normalized spacial score (nSPS) is 10.7. The lowest BCUT2D eigenvalue weighted by molar-refractivity contribution is -0.126. The van der Waals surface area contributed by atoms with Gasteiger partial charge in [-0.25, -0.2) is 4.68 Å². The van der Waals surface area contributed by atoms with Crippen molar-refractivity contribution < 1.29 is 9.21 Å².